The van der Waals surface area contributed by atoms with Crippen LogP contribution in [0.25, 0.3) is 0 Å². The van der Waals surface area contributed by atoms with E-state index < -0.39 is 18.5 Å². The van der Waals surface area contributed by atoms with Crippen molar-refractivity contribution in [2.24, 2.45) is 0 Å². The number of anilines is 1. The van der Waals surface area contributed by atoms with Gasteiger partial charge in [0.05, 0.1) is 21.3 Å². The highest BCUT2D eigenvalue weighted by atomic mass is 35.5. The maximum absolute atomic E-state index is 11.8. The van der Waals surface area contributed by atoms with E-state index >= 15 is 0 Å². The van der Waals surface area contributed by atoms with Crippen molar-refractivity contribution in [1.82, 2.24) is 0 Å². The molecule has 2 aromatic rings. The van der Waals surface area contributed by atoms with E-state index in [1.54, 1.807) is 30.3 Å². The molecule has 114 valence electrons. The van der Waals surface area contributed by atoms with E-state index in [-0.39, 0.29) is 15.7 Å². The van der Waals surface area contributed by atoms with E-state index in [0.29, 0.717) is 10.6 Å². The zero-order valence-corrected chi connectivity index (χ0v) is 13.4. The molecule has 0 radical (unpaired) electrons. The maximum atomic E-state index is 11.8. The molecule has 0 unspecified atom stereocenters. The molecule has 22 heavy (non-hydrogen) atoms. The van der Waals surface area contributed by atoms with E-state index in [9.17, 15) is 9.59 Å². The standard InChI is InChI=1S/C15H10Cl3NO3/c16-10-6-11(17)14(12(18)7-10)19-13(20)8-22-15(21)9-4-2-1-3-5-9/h1-7H,8H2,(H,19,20). The van der Waals surface area contributed by atoms with Gasteiger partial charge in [-0.1, -0.05) is 53.0 Å². The van der Waals surface area contributed by atoms with E-state index in [0.717, 1.165) is 0 Å². The SMILES string of the molecule is O=C(COC(=O)c1ccccc1)Nc1c(Cl)cc(Cl)cc1Cl. The minimum Gasteiger partial charge on any atom is -0.452 e. The zero-order valence-electron chi connectivity index (χ0n) is 11.1. The number of hydrogen-bond donors (Lipinski definition) is 1. The average molecular weight is 359 g/mol. The molecule has 0 bridgehead atoms. The second-order valence-corrected chi connectivity index (χ2v) is 5.49. The normalized spacial score (nSPS) is 10.1. The first-order chi connectivity index (χ1) is 10.5. The van der Waals surface area contributed by atoms with Gasteiger partial charge in [0.15, 0.2) is 6.61 Å². The van der Waals surface area contributed by atoms with Gasteiger partial charge < -0.3 is 10.1 Å². The second kappa shape index (κ2) is 7.49. The van der Waals surface area contributed by atoms with Crippen molar-refractivity contribution in [3.8, 4) is 0 Å². The molecule has 0 aliphatic carbocycles. The van der Waals surface area contributed by atoms with Crippen molar-refractivity contribution >= 4 is 52.4 Å². The minimum absolute atomic E-state index is 0.195. The fraction of sp³-hybridized carbons (Fsp3) is 0.0667. The van der Waals surface area contributed by atoms with E-state index in [1.165, 1.54) is 12.1 Å². The van der Waals surface area contributed by atoms with Crippen LogP contribution in [0.1, 0.15) is 10.4 Å². The molecule has 0 heterocycles. The van der Waals surface area contributed by atoms with Crippen LogP contribution < -0.4 is 5.32 Å². The van der Waals surface area contributed by atoms with Crippen LogP contribution in [0.3, 0.4) is 0 Å². The van der Waals surface area contributed by atoms with Crippen molar-refractivity contribution in [1.29, 1.82) is 0 Å². The van der Waals surface area contributed by atoms with Gasteiger partial charge in [-0.3, -0.25) is 4.79 Å². The number of hydrogen-bond acceptors (Lipinski definition) is 3. The molecule has 1 amide bonds. The molecule has 7 heteroatoms. The number of rotatable bonds is 4. The van der Waals surface area contributed by atoms with Gasteiger partial charge in [-0.2, -0.15) is 0 Å². The Morgan fingerprint density at radius 2 is 1.59 bits per heavy atom. The molecule has 0 aliphatic rings. The van der Waals surface area contributed by atoms with E-state index in [1.807, 2.05) is 0 Å². The van der Waals surface area contributed by atoms with Crippen LogP contribution in [-0.2, 0) is 9.53 Å². The summed E-state index contributed by atoms with van der Waals surface area (Å²) in [5.41, 5.74) is 0.575. The van der Waals surface area contributed by atoms with Crippen LogP contribution in [0.15, 0.2) is 42.5 Å². The third-order valence-electron chi connectivity index (χ3n) is 2.62. The summed E-state index contributed by atoms with van der Waals surface area (Å²) in [7, 11) is 0. The van der Waals surface area contributed by atoms with Crippen molar-refractivity contribution < 1.29 is 14.3 Å². The molecule has 1 N–H and O–H groups in total. The zero-order chi connectivity index (χ0) is 16.1. The first-order valence-electron chi connectivity index (χ1n) is 6.14. The molecule has 2 aromatic carbocycles. The van der Waals surface area contributed by atoms with E-state index in [4.69, 9.17) is 39.5 Å². The topological polar surface area (TPSA) is 55.4 Å². The smallest absolute Gasteiger partial charge is 0.338 e. The molecular weight excluding hydrogens is 349 g/mol. The highest BCUT2D eigenvalue weighted by Gasteiger charge is 2.13. The lowest BCUT2D eigenvalue weighted by atomic mass is 10.2. The van der Waals surface area contributed by atoms with E-state index in [2.05, 4.69) is 5.32 Å². The fourth-order valence-corrected chi connectivity index (χ4v) is 2.54. The fourth-order valence-electron chi connectivity index (χ4n) is 1.63. The Kier molecular flexibility index (Phi) is 5.66. The highest BCUT2D eigenvalue weighted by molar-refractivity contribution is 6.42. The van der Waals surface area contributed by atoms with Gasteiger partial charge in [-0.15, -0.1) is 0 Å². The first-order valence-corrected chi connectivity index (χ1v) is 7.27. The third kappa shape index (κ3) is 4.37. The Morgan fingerprint density at radius 1 is 1.00 bits per heavy atom. The molecule has 0 saturated carbocycles. The Morgan fingerprint density at radius 3 is 2.18 bits per heavy atom. The molecule has 0 aromatic heterocycles. The number of carbonyl (C=O) groups is 2. The van der Waals surface area contributed by atoms with Gasteiger partial charge in [0.2, 0.25) is 0 Å². The van der Waals surface area contributed by atoms with Gasteiger partial charge in [-0.25, -0.2) is 4.79 Å². The monoisotopic (exact) mass is 357 g/mol. The highest BCUT2D eigenvalue weighted by Crippen LogP contribution is 2.33. The molecule has 0 spiro atoms. The molecule has 0 saturated heterocycles. The second-order valence-electron chi connectivity index (χ2n) is 4.23. The lowest BCUT2D eigenvalue weighted by molar-refractivity contribution is -0.119. The Balaban J connectivity index is 1.95. The number of esters is 1. The van der Waals surface area contributed by atoms with Crippen LogP contribution in [0, 0.1) is 0 Å². The Hall–Kier alpha value is -1.75. The summed E-state index contributed by atoms with van der Waals surface area (Å²) in [5, 5.41) is 3.21. The summed E-state index contributed by atoms with van der Waals surface area (Å²) in [6.07, 6.45) is 0. The van der Waals surface area contributed by atoms with Crippen LogP contribution >= 0.6 is 34.8 Å². The third-order valence-corrected chi connectivity index (χ3v) is 3.43. The molecule has 0 aliphatic heterocycles. The lowest BCUT2D eigenvalue weighted by Gasteiger charge is -2.10. The summed E-state index contributed by atoms with van der Waals surface area (Å²) in [6, 6.07) is 11.2. The maximum Gasteiger partial charge on any atom is 0.338 e. The summed E-state index contributed by atoms with van der Waals surface area (Å²) >= 11 is 17.7. The molecule has 0 atom stereocenters. The number of nitrogens with one attached hydrogen (secondary N) is 1. The average Bonchev–Trinajstić information content (AvgIpc) is 2.49. The Bertz CT molecular complexity index is 681. The predicted octanol–water partition coefficient (Wildman–Crippen LogP) is 4.44. The van der Waals surface area contributed by atoms with Gasteiger partial charge in [0.25, 0.3) is 5.91 Å². The van der Waals surface area contributed by atoms with Crippen molar-refractivity contribution in [2.45, 2.75) is 0 Å². The predicted molar refractivity (Wildman–Crippen MR) is 86.8 cm³/mol. The van der Waals surface area contributed by atoms with Gasteiger partial charge in [0.1, 0.15) is 0 Å². The largest absolute Gasteiger partial charge is 0.452 e. The first kappa shape index (κ1) is 16.6. The van der Waals surface area contributed by atoms with Crippen molar-refractivity contribution in [3.05, 3.63) is 63.1 Å². The van der Waals surface area contributed by atoms with Gasteiger partial charge in [-0.05, 0) is 24.3 Å². The molecular formula is C15H10Cl3NO3. The van der Waals surface area contributed by atoms with Crippen molar-refractivity contribution in [2.75, 3.05) is 11.9 Å². The van der Waals surface area contributed by atoms with Crippen LogP contribution in [0.4, 0.5) is 5.69 Å². The summed E-state index contributed by atoms with van der Waals surface area (Å²) in [4.78, 5) is 23.5. The summed E-state index contributed by atoms with van der Waals surface area (Å²) < 4.78 is 4.90. The minimum atomic E-state index is -0.593. The van der Waals surface area contributed by atoms with Crippen LogP contribution in [-0.4, -0.2) is 18.5 Å². The van der Waals surface area contributed by atoms with Gasteiger partial charge >= 0.3 is 5.97 Å². The number of amides is 1. The molecule has 2 rings (SSSR count). The molecule has 4 nitrogen and oxygen atoms in total. The number of benzene rings is 2. The molecule has 0 fully saturated rings. The quantitative estimate of drug-likeness (QED) is 0.822. The van der Waals surface area contributed by atoms with Gasteiger partial charge in [0, 0.05) is 5.02 Å². The lowest BCUT2D eigenvalue weighted by Crippen LogP contribution is -2.21. The van der Waals surface area contributed by atoms with Crippen molar-refractivity contribution in [3.63, 3.8) is 0 Å². The summed E-state index contributed by atoms with van der Waals surface area (Å²) in [5.74, 6) is -1.15. The number of carbonyl (C=O) groups excluding carboxylic acids is 2. The number of halogens is 3. The van der Waals surface area contributed by atoms with Crippen LogP contribution in [0.2, 0.25) is 15.1 Å². The Labute approximate surface area is 141 Å². The number of ether oxygens (including phenoxy) is 1. The summed E-state index contributed by atoms with van der Waals surface area (Å²) in [6.45, 7) is -0.455. The van der Waals surface area contributed by atoms with Crippen LogP contribution in [0.5, 0.6) is 0 Å².